The zero-order chi connectivity index (χ0) is 51.9. The first-order chi connectivity index (χ1) is 33.9. The van der Waals surface area contributed by atoms with E-state index >= 15 is 0 Å². The maximum absolute atomic E-state index is 14.6. The van der Waals surface area contributed by atoms with Gasteiger partial charge in [0.1, 0.15) is 36.3 Å². The number of H-pyrrole nitrogens is 2. The molecular weight excluding hydrogens is 919 g/mol. The summed E-state index contributed by atoms with van der Waals surface area (Å²) in [6.45, 7) is 2.76. The Morgan fingerprint density at radius 2 is 1.15 bits per heavy atom. The Morgan fingerprint density at radius 3 is 1.73 bits per heavy atom. The normalized spacial score (nSPS) is 13.4. The fraction of sp³-hybridized carbons (Fsp3) is 0.426. The molecule has 0 bridgehead atoms. The van der Waals surface area contributed by atoms with Crippen LogP contribution in [0.1, 0.15) is 75.6 Å². The van der Waals surface area contributed by atoms with E-state index in [0.717, 1.165) is 10.9 Å². The summed E-state index contributed by atoms with van der Waals surface area (Å²) in [6.07, 6.45) is 5.26. The minimum Gasteiger partial charge on any atom is -0.370 e. The van der Waals surface area contributed by atoms with Crippen LogP contribution in [0.5, 0.6) is 0 Å². The van der Waals surface area contributed by atoms with Crippen molar-refractivity contribution in [3.05, 3.63) is 90.1 Å². The number of amides is 9. The van der Waals surface area contributed by atoms with Gasteiger partial charge < -0.3 is 69.7 Å². The largest absolute Gasteiger partial charge is 0.370 e. The molecule has 0 aliphatic heterocycles. The maximum atomic E-state index is 14.6. The third-order valence-corrected chi connectivity index (χ3v) is 11.2. The van der Waals surface area contributed by atoms with Crippen molar-refractivity contribution in [2.24, 2.45) is 17.2 Å². The number of guanidine groups is 1. The molecule has 2 aromatic carbocycles. The zero-order valence-corrected chi connectivity index (χ0v) is 39.7. The molecular formula is C47H65N15O9. The summed E-state index contributed by atoms with van der Waals surface area (Å²) in [7, 11) is 0. The highest BCUT2D eigenvalue weighted by atomic mass is 16.2. The molecule has 0 saturated heterocycles. The standard InChI is InChI=1S/C47H65N15O9/c1-3-4-14-33(57-27(2)63)42(67)59-35(17-18-39(48)64)44(69)62-38(22-30-24-52-26-56-30)46(71)60-36(20-28-11-6-5-7-12-28)45(70)58-34(16-10-19-53-47(50)51)43(68)61-37(41(66)55-25-40(49)65)21-29-23-54-32-15-9-8-13-31(29)32/h5-9,11-13,15,23-24,26,33-38,54H,3-4,10,14,16-22,25H2,1-2H3,(H2,48,64)(H2,49,65)(H,52,56)(H,55,66)(H,57,63)(H,58,70)(H,59,67)(H,60,71)(H,61,68)(H,62,69)(H4,50,51,53)/t33-,34-,35?,36+,37+,38-/m0/s1. The van der Waals surface area contributed by atoms with Gasteiger partial charge in [0, 0.05) is 62.4 Å². The molecule has 1 unspecified atom stereocenters. The molecule has 17 N–H and O–H groups in total. The molecule has 24 heteroatoms. The molecule has 24 nitrogen and oxygen atoms in total. The number of nitrogens with zero attached hydrogens (tertiary/aromatic N) is 1. The van der Waals surface area contributed by atoms with Crippen LogP contribution in [0.2, 0.25) is 0 Å². The van der Waals surface area contributed by atoms with Crippen molar-refractivity contribution in [2.75, 3.05) is 13.1 Å². The lowest BCUT2D eigenvalue weighted by Crippen LogP contribution is -2.60. The summed E-state index contributed by atoms with van der Waals surface area (Å²) < 4.78 is 0. The molecule has 2 aromatic heterocycles. The van der Waals surface area contributed by atoms with Crippen molar-refractivity contribution in [3.63, 3.8) is 0 Å². The molecule has 4 aromatic rings. The van der Waals surface area contributed by atoms with Crippen LogP contribution in [0.15, 0.2) is 73.3 Å². The van der Waals surface area contributed by atoms with E-state index in [4.69, 9.17) is 22.6 Å². The van der Waals surface area contributed by atoms with E-state index in [-0.39, 0.29) is 63.9 Å². The summed E-state index contributed by atoms with van der Waals surface area (Å²) in [5.74, 6) is -7.19. The molecule has 2 heterocycles. The van der Waals surface area contributed by atoms with Crippen molar-refractivity contribution >= 4 is 70.0 Å². The van der Waals surface area contributed by atoms with Crippen LogP contribution in [-0.2, 0) is 62.4 Å². The first-order valence-electron chi connectivity index (χ1n) is 23.2. The number of carbonyl (C=O) groups excluding carboxylic acids is 9. The first kappa shape index (κ1) is 55.3. The van der Waals surface area contributed by atoms with Gasteiger partial charge in [-0.25, -0.2) is 4.98 Å². The molecule has 0 aliphatic carbocycles. The molecule has 0 spiro atoms. The van der Waals surface area contributed by atoms with E-state index in [1.165, 1.54) is 19.4 Å². The molecule has 0 saturated carbocycles. The Hall–Kier alpha value is -8.31. The number of carbonyl (C=O) groups is 9. The predicted octanol–water partition coefficient (Wildman–Crippen LogP) is -1.83. The van der Waals surface area contributed by atoms with Crippen molar-refractivity contribution in [1.82, 2.24) is 57.5 Å². The van der Waals surface area contributed by atoms with Gasteiger partial charge in [0.15, 0.2) is 5.96 Å². The SMILES string of the molecule is CCCC[C@H](NC(C)=O)C(=O)NC(CCC(N)=O)C(=O)N[C@@H](Cc1c[nH]cn1)C(=O)N[C@H](Cc1ccccc1)C(=O)N[C@@H](CCCNC(=N)N)C(=O)N[C@H](Cc1c[nH]c2ccccc12)C(=O)NCC(N)=O. The lowest BCUT2D eigenvalue weighted by Gasteiger charge is -2.28. The fourth-order valence-electron chi connectivity index (χ4n) is 7.54. The van der Waals surface area contributed by atoms with Crippen LogP contribution >= 0.6 is 0 Å². The van der Waals surface area contributed by atoms with Crippen LogP contribution < -0.4 is 59.7 Å². The van der Waals surface area contributed by atoms with Gasteiger partial charge in [-0.05, 0) is 42.9 Å². The van der Waals surface area contributed by atoms with E-state index in [1.54, 1.807) is 36.5 Å². The van der Waals surface area contributed by atoms with E-state index in [1.807, 2.05) is 31.2 Å². The number of para-hydroxylation sites is 1. The number of unbranched alkanes of at least 4 members (excludes halogenated alkanes) is 1. The van der Waals surface area contributed by atoms with E-state index < -0.39 is 96.0 Å². The van der Waals surface area contributed by atoms with Gasteiger partial charge in [-0.2, -0.15) is 0 Å². The zero-order valence-electron chi connectivity index (χ0n) is 39.7. The molecule has 4 rings (SSSR count). The first-order valence-corrected chi connectivity index (χ1v) is 23.2. The van der Waals surface area contributed by atoms with E-state index in [2.05, 4.69) is 57.5 Å². The highest BCUT2D eigenvalue weighted by Gasteiger charge is 2.34. The van der Waals surface area contributed by atoms with E-state index in [9.17, 15) is 43.2 Å². The molecule has 382 valence electrons. The lowest BCUT2D eigenvalue weighted by atomic mass is 10.0. The minimum atomic E-state index is -1.45. The van der Waals surface area contributed by atoms with Gasteiger partial charge in [0.2, 0.25) is 53.2 Å². The Bertz CT molecular complexity index is 2460. The quantitative estimate of drug-likeness (QED) is 0.0156. The number of benzene rings is 2. The molecule has 0 aliphatic rings. The highest BCUT2D eigenvalue weighted by molar-refractivity contribution is 5.98. The second kappa shape index (κ2) is 28.2. The summed E-state index contributed by atoms with van der Waals surface area (Å²) in [5, 5.41) is 29.4. The van der Waals surface area contributed by atoms with Crippen LogP contribution in [0.3, 0.4) is 0 Å². The summed E-state index contributed by atoms with van der Waals surface area (Å²) in [5.41, 5.74) is 18.6. The fourth-order valence-corrected chi connectivity index (χ4v) is 7.54. The smallest absolute Gasteiger partial charge is 0.243 e. The number of hydrogen-bond acceptors (Lipinski definition) is 11. The van der Waals surface area contributed by atoms with Crippen LogP contribution in [-0.4, -0.2) is 123 Å². The van der Waals surface area contributed by atoms with Gasteiger partial charge in [0.25, 0.3) is 0 Å². The Kier molecular flexibility index (Phi) is 22.0. The van der Waals surface area contributed by atoms with Crippen molar-refractivity contribution in [1.29, 1.82) is 5.41 Å². The number of nitrogens with one attached hydrogen (secondary N) is 11. The van der Waals surface area contributed by atoms with Crippen molar-refractivity contribution in [3.8, 4) is 0 Å². The Balaban J connectivity index is 1.65. The number of fused-ring (bicyclic) bond motifs is 1. The number of rotatable bonds is 30. The van der Waals surface area contributed by atoms with Crippen LogP contribution in [0.4, 0.5) is 0 Å². The number of primary amides is 2. The summed E-state index contributed by atoms with van der Waals surface area (Å²) in [6, 6.07) is 8.05. The predicted molar refractivity (Wildman–Crippen MR) is 261 cm³/mol. The van der Waals surface area contributed by atoms with Gasteiger partial charge >= 0.3 is 0 Å². The third-order valence-electron chi connectivity index (χ3n) is 11.2. The number of nitrogens with two attached hydrogens (primary N) is 3. The topological polar surface area (TPSA) is 396 Å². The number of aromatic nitrogens is 3. The molecule has 0 fully saturated rings. The molecule has 6 atom stereocenters. The van der Waals surface area contributed by atoms with Crippen molar-refractivity contribution < 1.29 is 43.2 Å². The number of aromatic amines is 2. The molecule has 9 amide bonds. The summed E-state index contributed by atoms with van der Waals surface area (Å²) in [4.78, 5) is 130. The third kappa shape index (κ3) is 19.0. The molecule has 0 radical (unpaired) electrons. The summed E-state index contributed by atoms with van der Waals surface area (Å²) >= 11 is 0. The van der Waals surface area contributed by atoms with Crippen molar-refractivity contribution in [2.45, 2.75) is 114 Å². The van der Waals surface area contributed by atoms with E-state index in [0.29, 0.717) is 29.7 Å². The van der Waals surface area contributed by atoms with Gasteiger partial charge in [-0.1, -0.05) is 68.3 Å². The number of imidazole rings is 1. The number of hydrogen-bond donors (Lipinski definition) is 14. The Morgan fingerprint density at radius 1 is 0.606 bits per heavy atom. The lowest BCUT2D eigenvalue weighted by molar-refractivity contribution is -0.135. The van der Waals surface area contributed by atoms with Gasteiger partial charge in [-0.3, -0.25) is 48.6 Å². The maximum Gasteiger partial charge on any atom is 0.243 e. The minimum absolute atomic E-state index is 0.0372. The second-order valence-corrected chi connectivity index (χ2v) is 16.9. The average molecular weight is 984 g/mol. The monoisotopic (exact) mass is 984 g/mol. The van der Waals surface area contributed by atoms with Gasteiger partial charge in [-0.15, -0.1) is 0 Å². The van der Waals surface area contributed by atoms with Crippen LogP contribution in [0.25, 0.3) is 10.9 Å². The molecule has 71 heavy (non-hydrogen) atoms. The average Bonchev–Trinajstić information content (AvgIpc) is 4.01. The second-order valence-electron chi connectivity index (χ2n) is 16.9. The van der Waals surface area contributed by atoms with Gasteiger partial charge in [0.05, 0.1) is 18.6 Å². The Labute approximate surface area is 409 Å². The van der Waals surface area contributed by atoms with Crippen LogP contribution in [0, 0.1) is 5.41 Å². The highest BCUT2D eigenvalue weighted by Crippen LogP contribution is 2.20.